The second-order valence-electron chi connectivity index (χ2n) is 5.12. The van der Waals surface area contributed by atoms with E-state index >= 15 is 0 Å². The van der Waals surface area contributed by atoms with Crippen molar-refractivity contribution in [3.05, 3.63) is 0 Å². The van der Waals surface area contributed by atoms with Crippen molar-refractivity contribution in [3.63, 3.8) is 0 Å². The van der Waals surface area contributed by atoms with Gasteiger partial charge in [-0.05, 0) is 25.8 Å². The van der Waals surface area contributed by atoms with E-state index in [1.807, 2.05) is 11.9 Å². The van der Waals surface area contributed by atoms with E-state index in [-0.39, 0.29) is 24.0 Å². The molecule has 2 aliphatic heterocycles. The molecule has 0 saturated carbocycles. The quantitative estimate of drug-likeness (QED) is 0.744. The van der Waals surface area contributed by atoms with E-state index in [1.165, 1.54) is 0 Å². The molecule has 2 fully saturated rings. The molecule has 2 saturated heterocycles. The molecule has 1 N–H and O–H groups in total. The van der Waals surface area contributed by atoms with Crippen LogP contribution in [-0.4, -0.2) is 49.7 Å². The fourth-order valence-electron chi connectivity index (χ4n) is 2.79. The van der Waals surface area contributed by atoms with E-state index < -0.39 is 0 Å². The fraction of sp³-hybridized carbons (Fsp3) is 0.917. The minimum atomic E-state index is 0.151. The van der Waals surface area contributed by atoms with Crippen molar-refractivity contribution in [1.29, 1.82) is 0 Å². The highest BCUT2D eigenvalue weighted by Crippen LogP contribution is 2.23. The summed E-state index contributed by atoms with van der Waals surface area (Å²) in [5.74, 6) is 0.880. The molecule has 2 aliphatic rings. The van der Waals surface area contributed by atoms with E-state index in [1.54, 1.807) is 0 Å². The van der Waals surface area contributed by atoms with Crippen LogP contribution in [0.5, 0.6) is 0 Å². The Morgan fingerprint density at radius 1 is 1.38 bits per heavy atom. The van der Waals surface area contributed by atoms with Crippen molar-refractivity contribution in [3.8, 4) is 0 Å². The van der Waals surface area contributed by atoms with Crippen LogP contribution in [0, 0.1) is 11.8 Å². The van der Waals surface area contributed by atoms with Gasteiger partial charge in [0, 0.05) is 20.2 Å². The average molecular weight is 226 g/mol. The predicted octanol–water partition coefficient (Wildman–Crippen LogP) is 0.478. The van der Waals surface area contributed by atoms with Crippen molar-refractivity contribution < 1.29 is 9.53 Å². The number of rotatable bonds is 2. The maximum atomic E-state index is 12.3. The zero-order valence-corrected chi connectivity index (χ0v) is 10.4. The molecular weight excluding hydrogens is 204 g/mol. The standard InChI is InChI=1S/C12H22N2O2/c1-8-6-13-7-10(8)12(15)14(3)11-4-5-16-9(11)2/h8-11,13H,4-7H2,1-3H3/t8-,9?,10-,11?/m1/s1. The Kier molecular flexibility index (Phi) is 3.50. The smallest absolute Gasteiger partial charge is 0.227 e. The van der Waals surface area contributed by atoms with Crippen LogP contribution in [0.1, 0.15) is 20.3 Å². The molecule has 1 amide bonds. The van der Waals surface area contributed by atoms with Crippen molar-refractivity contribution in [2.75, 3.05) is 26.7 Å². The number of likely N-dealkylation sites (N-methyl/N-ethyl adjacent to an activating group) is 1. The van der Waals surface area contributed by atoms with Gasteiger partial charge in [0.25, 0.3) is 0 Å². The third-order valence-corrected chi connectivity index (χ3v) is 4.02. The molecule has 4 heteroatoms. The first-order chi connectivity index (χ1) is 7.61. The van der Waals surface area contributed by atoms with Crippen LogP contribution >= 0.6 is 0 Å². The van der Waals surface area contributed by atoms with E-state index in [0.717, 1.165) is 26.1 Å². The summed E-state index contributed by atoms with van der Waals surface area (Å²) >= 11 is 0. The largest absolute Gasteiger partial charge is 0.376 e. The Bertz CT molecular complexity index is 270. The normalized spacial score (nSPS) is 38.9. The number of hydrogen-bond acceptors (Lipinski definition) is 3. The first kappa shape index (κ1) is 11.9. The zero-order valence-electron chi connectivity index (χ0n) is 10.4. The molecular formula is C12H22N2O2. The molecule has 4 nitrogen and oxygen atoms in total. The van der Waals surface area contributed by atoms with Gasteiger partial charge >= 0.3 is 0 Å². The summed E-state index contributed by atoms with van der Waals surface area (Å²) < 4.78 is 5.52. The Hall–Kier alpha value is -0.610. The summed E-state index contributed by atoms with van der Waals surface area (Å²) in [7, 11) is 1.92. The van der Waals surface area contributed by atoms with Crippen molar-refractivity contribution in [1.82, 2.24) is 10.2 Å². The third kappa shape index (κ3) is 2.09. The second-order valence-corrected chi connectivity index (χ2v) is 5.12. The van der Waals surface area contributed by atoms with Gasteiger partial charge in [0.1, 0.15) is 0 Å². The predicted molar refractivity (Wildman–Crippen MR) is 62.1 cm³/mol. The number of amides is 1. The summed E-state index contributed by atoms with van der Waals surface area (Å²) in [5, 5.41) is 3.28. The van der Waals surface area contributed by atoms with Gasteiger partial charge in [0.2, 0.25) is 5.91 Å². The number of ether oxygens (including phenoxy) is 1. The van der Waals surface area contributed by atoms with E-state index in [4.69, 9.17) is 4.74 Å². The molecule has 0 spiro atoms. The minimum Gasteiger partial charge on any atom is -0.376 e. The Morgan fingerprint density at radius 2 is 2.12 bits per heavy atom. The number of hydrogen-bond donors (Lipinski definition) is 1. The summed E-state index contributed by atoms with van der Waals surface area (Å²) in [6.07, 6.45) is 1.15. The maximum absolute atomic E-state index is 12.3. The lowest BCUT2D eigenvalue weighted by Gasteiger charge is -2.30. The molecule has 0 aliphatic carbocycles. The first-order valence-electron chi connectivity index (χ1n) is 6.20. The lowest BCUT2D eigenvalue weighted by molar-refractivity contribution is -0.137. The monoisotopic (exact) mass is 226 g/mol. The van der Waals surface area contributed by atoms with Crippen LogP contribution in [0.4, 0.5) is 0 Å². The Labute approximate surface area is 97.3 Å². The second kappa shape index (κ2) is 4.72. The molecule has 0 aromatic carbocycles. The number of carbonyl (C=O) groups is 1. The van der Waals surface area contributed by atoms with Gasteiger partial charge in [0.15, 0.2) is 0 Å². The molecule has 2 heterocycles. The molecule has 0 radical (unpaired) electrons. The molecule has 92 valence electrons. The molecule has 0 aromatic rings. The molecule has 2 rings (SSSR count). The van der Waals surface area contributed by atoms with Crippen LogP contribution in [-0.2, 0) is 9.53 Å². The van der Waals surface area contributed by atoms with Crippen LogP contribution < -0.4 is 5.32 Å². The van der Waals surface area contributed by atoms with Gasteiger partial charge in [-0.2, -0.15) is 0 Å². The number of nitrogens with one attached hydrogen (secondary N) is 1. The molecule has 4 atom stereocenters. The highest BCUT2D eigenvalue weighted by atomic mass is 16.5. The summed E-state index contributed by atoms with van der Waals surface area (Å²) in [4.78, 5) is 14.2. The molecule has 2 unspecified atom stereocenters. The van der Waals surface area contributed by atoms with Gasteiger partial charge in [0.05, 0.1) is 18.1 Å². The highest BCUT2D eigenvalue weighted by molar-refractivity contribution is 5.80. The first-order valence-corrected chi connectivity index (χ1v) is 6.20. The van der Waals surface area contributed by atoms with Gasteiger partial charge in [-0.15, -0.1) is 0 Å². The average Bonchev–Trinajstić information content (AvgIpc) is 2.85. The lowest BCUT2D eigenvalue weighted by Crippen LogP contribution is -2.45. The maximum Gasteiger partial charge on any atom is 0.227 e. The van der Waals surface area contributed by atoms with Gasteiger partial charge in [-0.3, -0.25) is 4.79 Å². The number of carbonyl (C=O) groups excluding carboxylic acids is 1. The van der Waals surface area contributed by atoms with Crippen LogP contribution in [0.3, 0.4) is 0 Å². The minimum absolute atomic E-state index is 0.151. The van der Waals surface area contributed by atoms with E-state index in [0.29, 0.717) is 5.92 Å². The van der Waals surface area contributed by atoms with Gasteiger partial charge < -0.3 is 15.0 Å². The summed E-state index contributed by atoms with van der Waals surface area (Å²) in [5.41, 5.74) is 0. The lowest BCUT2D eigenvalue weighted by atomic mass is 9.95. The Morgan fingerprint density at radius 3 is 2.62 bits per heavy atom. The van der Waals surface area contributed by atoms with Crippen molar-refractivity contribution in [2.24, 2.45) is 11.8 Å². The summed E-state index contributed by atoms with van der Waals surface area (Å²) in [6.45, 7) is 6.76. The highest BCUT2D eigenvalue weighted by Gasteiger charge is 2.37. The number of nitrogens with zero attached hydrogens (tertiary/aromatic N) is 1. The molecule has 16 heavy (non-hydrogen) atoms. The molecule has 0 bridgehead atoms. The van der Waals surface area contributed by atoms with E-state index in [2.05, 4.69) is 19.2 Å². The zero-order chi connectivity index (χ0) is 11.7. The third-order valence-electron chi connectivity index (χ3n) is 4.02. The van der Waals surface area contributed by atoms with Crippen molar-refractivity contribution >= 4 is 5.91 Å². The summed E-state index contributed by atoms with van der Waals surface area (Å²) in [6, 6.07) is 0.264. The van der Waals surface area contributed by atoms with Crippen molar-refractivity contribution in [2.45, 2.75) is 32.4 Å². The fourth-order valence-corrected chi connectivity index (χ4v) is 2.79. The van der Waals surface area contributed by atoms with Crippen LogP contribution in [0.25, 0.3) is 0 Å². The van der Waals surface area contributed by atoms with E-state index in [9.17, 15) is 4.79 Å². The van der Waals surface area contributed by atoms with Crippen LogP contribution in [0.15, 0.2) is 0 Å². The topological polar surface area (TPSA) is 41.6 Å². The SMILES string of the molecule is CC1OCCC1N(C)C(=O)[C@@H]1CNC[C@H]1C. The van der Waals surface area contributed by atoms with Crippen LogP contribution in [0.2, 0.25) is 0 Å². The van der Waals surface area contributed by atoms with Gasteiger partial charge in [-0.25, -0.2) is 0 Å². The molecule has 0 aromatic heterocycles. The Balaban J connectivity index is 1.98. The van der Waals surface area contributed by atoms with Gasteiger partial charge in [-0.1, -0.05) is 6.92 Å².